The van der Waals surface area contributed by atoms with Crippen molar-refractivity contribution in [2.75, 3.05) is 13.7 Å². The van der Waals surface area contributed by atoms with E-state index in [1.165, 1.54) is 0 Å². The SMILES string of the molecule is CCNC(c1ccc(CC)o1)c1c(OC)cnn1C(C)C. The summed E-state index contributed by atoms with van der Waals surface area (Å²) < 4.78 is 13.4. The maximum Gasteiger partial charge on any atom is 0.162 e. The van der Waals surface area contributed by atoms with Crippen molar-refractivity contribution in [3.63, 3.8) is 0 Å². The van der Waals surface area contributed by atoms with Crippen LogP contribution >= 0.6 is 0 Å². The number of nitrogens with zero attached hydrogens (tertiary/aromatic N) is 2. The second-order valence-corrected chi connectivity index (χ2v) is 5.28. The smallest absolute Gasteiger partial charge is 0.162 e. The Morgan fingerprint density at radius 3 is 2.62 bits per heavy atom. The number of furan rings is 1. The van der Waals surface area contributed by atoms with Gasteiger partial charge in [0.2, 0.25) is 0 Å². The Morgan fingerprint density at radius 2 is 2.10 bits per heavy atom. The molecule has 0 aliphatic rings. The number of hydrogen-bond acceptors (Lipinski definition) is 4. The Bertz CT molecular complexity index is 572. The van der Waals surface area contributed by atoms with Gasteiger partial charge in [-0.3, -0.25) is 4.68 Å². The van der Waals surface area contributed by atoms with Crippen LogP contribution in [-0.2, 0) is 6.42 Å². The lowest BCUT2D eigenvalue weighted by Gasteiger charge is -2.20. The molecule has 0 radical (unpaired) electrons. The summed E-state index contributed by atoms with van der Waals surface area (Å²) in [6.45, 7) is 9.22. The summed E-state index contributed by atoms with van der Waals surface area (Å²) in [5.74, 6) is 2.67. The molecule has 5 heteroatoms. The highest BCUT2D eigenvalue weighted by Gasteiger charge is 2.26. The summed E-state index contributed by atoms with van der Waals surface area (Å²) in [5.41, 5.74) is 1.01. The summed E-state index contributed by atoms with van der Waals surface area (Å²) in [7, 11) is 1.67. The summed E-state index contributed by atoms with van der Waals surface area (Å²) in [6, 6.07) is 4.26. The molecule has 0 bridgehead atoms. The lowest BCUT2D eigenvalue weighted by Crippen LogP contribution is -2.25. The predicted octanol–water partition coefficient (Wildman–Crippen LogP) is 3.33. The van der Waals surface area contributed by atoms with Crippen molar-refractivity contribution in [3.8, 4) is 5.75 Å². The molecule has 0 saturated heterocycles. The van der Waals surface area contributed by atoms with Crippen LogP contribution in [-0.4, -0.2) is 23.4 Å². The second kappa shape index (κ2) is 6.80. The highest BCUT2D eigenvalue weighted by atomic mass is 16.5. The first-order valence-electron chi connectivity index (χ1n) is 7.55. The summed E-state index contributed by atoms with van der Waals surface area (Å²) >= 11 is 0. The number of aryl methyl sites for hydroxylation is 1. The number of hydrogen-bond donors (Lipinski definition) is 1. The molecular weight excluding hydrogens is 266 g/mol. The zero-order chi connectivity index (χ0) is 15.4. The van der Waals surface area contributed by atoms with Crippen molar-refractivity contribution < 1.29 is 9.15 Å². The minimum atomic E-state index is -0.0600. The Kier molecular flexibility index (Phi) is 5.07. The van der Waals surface area contributed by atoms with Gasteiger partial charge < -0.3 is 14.5 Å². The fourth-order valence-corrected chi connectivity index (χ4v) is 2.47. The molecule has 0 aromatic carbocycles. The van der Waals surface area contributed by atoms with Gasteiger partial charge in [0.1, 0.15) is 23.3 Å². The minimum absolute atomic E-state index is 0.0600. The maximum absolute atomic E-state index is 5.95. The third-order valence-electron chi connectivity index (χ3n) is 3.50. The largest absolute Gasteiger partial charge is 0.493 e. The third kappa shape index (κ3) is 3.13. The topological polar surface area (TPSA) is 52.2 Å². The molecule has 0 aliphatic heterocycles. The molecule has 2 aromatic heterocycles. The molecule has 1 unspecified atom stereocenters. The van der Waals surface area contributed by atoms with Crippen molar-refractivity contribution in [3.05, 3.63) is 35.5 Å². The first kappa shape index (κ1) is 15.6. The number of ether oxygens (including phenoxy) is 1. The average molecular weight is 291 g/mol. The quantitative estimate of drug-likeness (QED) is 0.850. The third-order valence-corrected chi connectivity index (χ3v) is 3.50. The van der Waals surface area contributed by atoms with Crippen LogP contribution in [0, 0.1) is 0 Å². The zero-order valence-corrected chi connectivity index (χ0v) is 13.5. The van der Waals surface area contributed by atoms with Crippen molar-refractivity contribution in [2.24, 2.45) is 0 Å². The van der Waals surface area contributed by atoms with E-state index >= 15 is 0 Å². The monoisotopic (exact) mass is 291 g/mol. The molecule has 1 atom stereocenters. The highest BCUT2D eigenvalue weighted by molar-refractivity contribution is 5.34. The van der Waals surface area contributed by atoms with Crippen molar-refractivity contribution in [1.29, 1.82) is 0 Å². The van der Waals surface area contributed by atoms with Gasteiger partial charge in [0.25, 0.3) is 0 Å². The van der Waals surface area contributed by atoms with Gasteiger partial charge in [-0.05, 0) is 32.5 Å². The van der Waals surface area contributed by atoms with Gasteiger partial charge in [0.05, 0.1) is 13.3 Å². The second-order valence-electron chi connectivity index (χ2n) is 5.28. The van der Waals surface area contributed by atoms with Crippen LogP contribution in [0.25, 0.3) is 0 Å². The summed E-state index contributed by atoms with van der Waals surface area (Å²) in [6.07, 6.45) is 2.66. The molecule has 0 saturated carbocycles. The average Bonchev–Trinajstić information content (AvgIpc) is 3.11. The maximum atomic E-state index is 5.95. The van der Waals surface area contributed by atoms with Crippen LogP contribution in [0.3, 0.4) is 0 Å². The Labute approximate surface area is 126 Å². The lowest BCUT2D eigenvalue weighted by molar-refractivity contribution is 0.371. The van der Waals surface area contributed by atoms with Crippen LogP contribution in [0.1, 0.15) is 57.0 Å². The zero-order valence-electron chi connectivity index (χ0n) is 13.5. The van der Waals surface area contributed by atoms with Gasteiger partial charge in [-0.15, -0.1) is 0 Å². The van der Waals surface area contributed by atoms with Crippen molar-refractivity contribution in [2.45, 2.75) is 46.2 Å². The first-order chi connectivity index (χ1) is 10.1. The van der Waals surface area contributed by atoms with Crippen LogP contribution < -0.4 is 10.1 Å². The summed E-state index contributed by atoms with van der Waals surface area (Å²) in [5, 5.41) is 7.93. The van der Waals surface area contributed by atoms with Crippen molar-refractivity contribution in [1.82, 2.24) is 15.1 Å². The molecule has 21 heavy (non-hydrogen) atoms. The molecular formula is C16H25N3O2. The molecule has 0 fully saturated rings. The van der Waals surface area contributed by atoms with Gasteiger partial charge in [-0.2, -0.15) is 5.10 Å². The van der Waals surface area contributed by atoms with Gasteiger partial charge in [-0.1, -0.05) is 13.8 Å². The molecule has 5 nitrogen and oxygen atoms in total. The Morgan fingerprint density at radius 1 is 1.33 bits per heavy atom. The summed E-state index contributed by atoms with van der Waals surface area (Å²) in [4.78, 5) is 0. The Balaban J connectivity index is 2.48. The molecule has 1 N–H and O–H groups in total. The molecule has 2 heterocycles. The number of aromatic nitrogens is 2. The van der Waals surface area contributed by atoms with E-state index in [9.17, 15) is 0 Å². The van der Waals surface area contributed by atoms with E-state index in [4.69, 9.17) is 9.15 Å². The number of nitrogens with one attached hydrogen (secondary N) is 1. The fourth-order valence-electron chi connectivity index (χ4n) is 2.47. The molecule has 116 valence electrons. The molecule has 0 aliphatic carbocycles. The molecule has 2 aromatic rings. The van der Waals surface area contributed by atoms with E-state index in [-0.39, 0.29) is 12.1 Å². The standard InChI is InChI=1S/C16H25N3O2/c1-6-12-8-9-13(21-12)15(17-7-2)16-14(20-5)10-18-19(16)11(3)4/h8-11,15,17H,6-7H2,1-5H3. The fraction of sp³-hybridized carbons (Fsp3) is 0.562. The highest BCUT2D eigenvalue weighted by Crippen LogP contribution is 2.32. The first-order valence-corrected chi connectivity index (χ1v) is 7.55. The number of rotatable bonds is 7. The predicted molar refractivity (Wildman–Crippen MR) is 82.8 cm³/mol. The van der Waals surface area contributed by atoms with Crippen LogP contribution in [0.2, 0.25) is 0 Å². The van der Waals surface area contributed by atoms with Crippen LogP contribution in [0.15, 0.2) is 22.7 Å². The number of methoxy groups -OCH3 is 1. The van der Waals surface area contributed by atoms with E-state index in [1.807, 2.05) is 16.8 Å². The van der Waals surface area contributed by atoms with Gasteiger partial charge in [0, 0.05) is 12.5 Å². The van der Waals surface area contributed by atoms with Gasteiger partial charge >= 0.3 is 0 Å². The van der Waals surface area contributed by atoms with E-state index in [0.717, 1.165) is 35.9 Å². The minimum Gasteiger partial charge on any atom is -0.493 e. The normalized spacial score (nSPS) is 12.9. The molecule has 2 rings (SSSR count). The molecule has 0 amide bonds. The Hall–Kier alpha value is -1.75. The molecule has 0 spiro atoms. The van der Waals surface area contributed by atoms with E-state index in [2.05, 4.69) is 38.1 Å². The van der Waals surface area contributed by atoms with E-state index in [1.54, 1.807) is 13.3 Å². The van der Waals surface area contributed by atoms with Crippen molar-refractivity contribution >= 4 is 0 Å². The van der Waals surface area contributed by atoms with Crippen LogP contribution in [0.5, 0.6) is 5.75 Å². The van der Waals surface area contributed by atoms with E-state index in [0.29, 0.717) is 0 Å². The van der Waals surface area contributed by atoms with Gasteiger partial charge in [0.15, 0.2) is 5.75 Å². The lowest BCUT2D eigenvalue weighted by atomic mass is 10.1. The van der Waals surface area contributed by atoms with E-state index < -0.39 is 0 Å². The van der Waals surface area contributed by atoms with Gasteiger partial charge in [-0.25, -0.2) is 0 Å². The van der Waals surface area contributed by atoms with Crippen LogP contribution in [0.4, 0.5) is 0 Å².